The summed E-state index contributed by atoms with van der Waals surface area (Å²) in [5, 5.41) is 4.86. The van der Waals surface area contributed by atoms with Crippen LogP contribution in [-0.4, -0.2) is 40.8 Å². The van der Waals surface area contributed by atoms with Gasteiger partial charge in [-0.3, -0.25) is 4.98 Å². The van der Waals surface area contributed by atoms with Crippen molar-refractivity contribution >= 4 is 46.3 Å². The Morgan fingerprint density at radius 3 is 2.46 bits per heavy atom. The molecule has 0 spiro atoms. The molecular formula is C32H32ClN5O2S. The van der Waals surface area contributed by atoms with E-state index in [1.807, 2.05) is 48.7 Å². The number of ether oxygens (including phenoxy) is 1. The molecule has 6 rings (SSSR count). The molecule has 0 bridgehead atoms. The van der Waals surface area contributed by atoms with E-state index in [1.54, 1.807) is 18.3 Å². The van der Waals surface area contributed by atoms with E-state index in [2.05, 4.69) is 49.8 Å². The largest absolute Gasteiger partial charge is 0.465 e. The fourth-order valence-corrected chi connectivity index (χ4v) is 6.47. The van der Waals surface area contributed by atoms with Gasteiger partial charge in [-0.2, -0.15) is 0 Å². The average Bonchev–Trinajstić information content (AvgIpc) is 3.62. The molecule has 2 atom stereocenters. The molecule has 2 fully saturated rings. The van der Waals surface area contributed by atoms with Crippen molar-refractivity contribution in [2.24, 2.45) is 5.92 Å². The second-order valence-corrected chi connectivity index (χ2v) is 11.4. The van der Waals surface area contributed by atoms with Gasteiger partial charge in [-0.05, 0) is 97.7 Å². The van der Waals surface area contributed by atoms with Crippen molar-refractivity contribution in [3.05, 3.63) is 107 Å². The molecule has 2 aliphatic rings. The number of hydrogen-bond acceptors (Lipinski definition) is 5. The van der Waals surface area contributed by atoms with Crippen molar-refractivity contribution in [1.82, 2.24) is 14.9 Å². The number of carbonyl (C=O) groups is 1. The minimum absolute atomic E-state index is 0.200. The van der Waals surface area contributed by atoms with E-state index in [0.29, 0.717) is 15.7 Å². The average molecular weight is 586 g/mol. The maximum Gasteiger partial charge on any atom is 0.337 e. The van der Waals surface area contributed by atoms with Gasteiger partial charge < -0.3 is 24.4 Å². The lowest BCUT2D eigenvalue weighted by atomic mass is 9.98. The molecule has 2 aromatic carbocycles. The Bertz CT molecular complexity index is 1550. The van der Waals surface area contributed by atoms with Crippen molar-refractivity contribution in [1.29, 1.82) is 0 Å². The molecule has 7 nitrogen and oxygen atoms in total. The normalized spacial score (nSPS) is 19.3. The van der Waals surface area contributed by atoms with Crippen LogP contribution < -0.4 is 15.1 Å². The first-order chi connectivity index (χ1) is 19.9. The molecule has 0 amide bonds. The van der Waals surface area contributed by atoms with Crippen molar-refractivity contribution in [3.63, 3.8) is 0 Å². The topological polar surface area (TPSA) is 62.6 Å². The molecule has 0 radical (unpaired) electrons. The van der Waals surface area contributed by atoms with E-state index in [-0.39, 0.29) is 18.1 Å². The predicted molar refractivity (Wildman–Crippen MR) is 167 cm³/mol. The second kappa shape index (κ2) is 11.5. The smallest absolute Gasteiger partial charge is 0.337 e. The molecule has 2 saturated heterocycles. The van der Waals surface area contributed by atoms with Crippen LogP contribution in [0.15, 0.2) is 85.2 Å². The van der Waals surface area contributed by atoms with E-state index in [9.17, 15) is 4.79 Å². The fraction of sp³-hybridized carbons (Fsp3) is 0.281. The molecule has 2 aliphatic heterocycles. The number of piperidine rings is 1. The highest BCUT2D eigenvalue weighted by atomic mass is 35.5. The lowest BCUT2D eigenvalue weighted by Gasteiger charge is -2.33. The quantitative estimate of drug-likeness (QED) is 0.199. The molecule has 2 aromatic heterocycles. The maximum absolute atomic E-state index is 12.0. The molecule has 4 aromatic rings. The van der Waals surface area contributed by atoms with E-state index in [0.717, 1.165) is 47.5 Å². The zero-order valence-corrected chi connectivity index (χ0v) is 24.6. The zero-order chi connectivity index (χ0) is 28.5. The van der Waals surface area contributed by atoms with Crippen LogP contribution >= 0.6 is 23.8 Å². The van der Waals surface area contributed by atoms with Crippen molar-refractivity contribution < 1.29 is 9.53 Å². The number of anilines is 2. The van der Waals surface area contributed by atoms with E-state index in [1.165, 1.54) is 20.0 Å². The Balaban J connectivity index is 1.40. The molecule has 1 N–H and O–H groups in total. The van der Waals surface area contributed by atoms with Crippen LogP contribution in [0.4, 0.5) is 11.4 Å². The minimum atomic E-state index is -0.365. The van der Waals surface area contributed by atoms with Gasteiger partial charge in [-0.15, -0.1) is 0 Å². The summed E-state index contributed by atoms with van der Waals surface area (Å²) in [7, 11) is 1.38. The SMILES string of the molecule is COC(=O)c1ccc(-n2cccc2[C@@H]2[C@H](c3ccccn3)NC(=S)N2c2ccc(N3CCC(C)CC3)c(Cl)c2)cc1. The molecule has 4 heterocycles. The highest BCUT2D eigenvalue weighted by Crippen LogP contribution is 2.44. The number of benzene rings is 2. The summed E-state index contributed by atoms with van der Waals surface area (Å²) in [6.07, 6.45) is 6.16. The van der Waals surface area contributed by atoms with Gasteiger partial charge in [0.05, 0.1) is 35.1 Å². The second-order valence-electron chi connectivity index (χ2n) is 10.6. The summed E-state index contributed by atoms with van der Waals surface area (Å²) >= 11 is 12.9. The molecule has 0 saturated carbocycles. The first-order valence-corrected chi connectivity index (χ1v) is 14.6. The number of pyridine rings is 1. The van der Waals surface area contributed by atoms with Crippen LogP contribution in [0.1, 0.15) is 53.6 Å². The standard InChI is InChI=1S/C32H32ClN5O2S/c1-21-14-18-36(19-15-21)27-13-12-24(20-25(27)33)38-30(29(35-32(38)41)26-6-3-4-16-34-26)28-7-5-17-37(28)23-10-8-22(9-11-23)31(39)40-2/h3-13,16-17,20-21,29-30H,14-15,18-19H2,1-2H3,(H,35,41)/t29-,30+/m0/s1. The molecule has 0 unspecified atom stereocenters. The predicted octanol–water partition coefficient (Wildman–Crippen LogP) is 6.73. The highest BCUT2D eigenvalue weighted by molar-refractivity contribution is 7.80. The third-order valence-corrected chi connectivity index (χ3v) is 8.70. The third kappa shape index (κ3) is 5.29. The van der Waals surface area contributed by atoms with Crippen LogP contribution in [0.2, 0.25) is 5.02 Å². The van der Waals surface area contributed by atoms with Crippen LogP contribution in [0.3, 0.4) is 0 Å². The van der Waals surface area contributed by atoms with Gasteiger partial charge in [0.2, 0.25) is 0 Å². The summed E-state index contributed by atoms with van der Waals surface area (Å²) in [5.41, 5.74) is 5.30. The molecule has 9 heteroatoms. The monoisotopic (exact) mass is 585 g/mol. The van der Waals surface area contributed by atoms with Crippen molar-refractivity contribution in [2.75, 3.05) is 30.0 Å². The highest BCUT2D eigenvalue weighted by Gasteiger charge is 2.42. The number of nitrogens with one attached hydrogen (secondary N) is 1. The maximum atomic E-state index is 12.0. The number of carbonyl (C=O) groups excluding carboxylic acids is 1. The number of aromatic nitrogens is 2. The van der Waals surface area contributed by atoms with Gasteiger partial charge in [0.25, 0.3) is 0 Å². The van der Waals surface area contributed by atoms with Gasteiger partial charge in [-0.25, -0.2) is 4.79 Å². The first-order valence-electron chi connectivity index (χ1n) is 13.9. The Morgan fingerprint density at radius 1 is 1.02 bits per heavy atom. The number of thiocarbonyl (C=S) groups is 1. The number of hydrogen-bond donors (Lipinski definition) is 1. The number of methoxy groups -OCH3 is 1. The van der Waals surface area contributed by atoms with Crippen LogP contribution in [0, 0.1) is 5.92 Å². The number of halogens is 1. The summed E-state index contributed by atoms with van der Waals surface area (Å²) in [6.45, 7) is 4.33. The summed E-state index contributed by atoms with van der Waals surface area (Å²) in [5.74, 6) is 0.380. The van der Waals surface area contributed by atoms with Gasteiger partial charge >= 0.3 is 5.97 Å². The number of rotatable bonds is 6. The van der Waals surface area contributed by atoms with Crippen molar-refractivity contribution in [2.45, 2.75) is 31.8 Å². The summed E-state index contributed by atoms with van der Waals surface area (Å²) in [4.78, 5) is 21.2. The van der Waals surface area contributed by atoms with Crippen LogP contribution in [0.25, 0.3) is 5.69 Å². The van der Waals surface area contributed by atoms with E-state index < -0.39 is 0 Å². The van der Waals surface area contributed by atoms with Gasteiger partial charge in [0.15, 0.2) is 5.11 Å². The minimum Gasteiger partial charge on any atom is -0.465 e. The molecule has 210 valence electrons. The Morgan fingerprint density at radius 2 is 1.78 bits per heavy atom. The Hall–Kier alpha value is -3.88. The van der Waals surface area contributed by atoms with E-state index in [4.69, 9.17) is 28.6 Å². The Kier molecular flexibility index (Phi) is 7.69. The fourth-order valence-electron chi connectivity index (χ4n) is 5.83. The first kappa shape index (κ1) is 27.3. The third-order valence-electron chi connectivity index (χ3n) is 8.08. The zero-order valence-electron chi connectivity index (χ0n) is 23.0. The lowest BCUT2D eigenvalue weighted by Crippen LogP contribution is -2.33. The lowest BCUT2D eigenvalue weighted by molar-refractivity contribution is 0.0600. The molecule has 41 heavy (non-hydrogen) atoms. The number of nitrogens with zero attached hydrogens (tertiary/aromatic N) is 4. The summed E-state index contributed by atoms with van der Waals surface area (Å²) in [6, 6.07) is 23.3. The van der Waals surface area contributed by atoms with Crippen LogP contribution in [-0.2, 0) is 4.74 Å². The van der Waals surface area contributed by atoms with Gasteiger partial charge in [0.1, 0.15) is 6.04 Å². The molecule has 0 aliphatic carbocycles. The van der Waals surface area contributed by atoms with Crippen LogP contribution in [0.5, 0.6) is 0 Å². The summed E-state index contributed by atoms with van der Waals surface area (Å²) < 4.78 is 7.00. The van der Waals surface area contributed by atoms with Gasteiger partial charge in [0, 0.05) is 42.6 Å². The van der Waals surface area contributed by atoms with E-state index >= 15 is 0 Å². The molecular weight excluding hydrogens is 554 g/mol. The Labute approximate surface area is 250 Å². The number of esters is 1. The van der Waals surface area contributed by atoms with Crippen molar-refractivity contribution in [3.8, 4) is 5.69 Å². The van der Waals surface area contributed by atoms with Gasteiger partial charge in [-0.1, -0.05) is 24.6 Å².